The average Bonchev–Trinajstić information content (AvgIpc) is 2.63. The summed E-state index contributed by atoms with van der Waals surface area (Å²) in [5, 5.41) is 0. The Hall–Kier alpha value is 0.160. The molecular formula is C12H18Br2N2O. The van der Waals surface area contributed by atoms with Crippen LogP contribution in [0.1, 0.15) is 31.6 Å². The molecule has 2 rings (SSSR count). The molecule has 1 aromatic rings. The fourth-order valence-corrected chi connectivity index (χ4v) is 2.92. The lowest BCUT2D eigenvalue weighted by Gasteiger charge is -2.35. The number of furan rings is 1. The number of likely N-dealkylation sites (tertiary alicyclic amines) is 1. The molecule has 96 valence electrons. The molecule has 2 heterocycles. The van der Waals surface area contributed by atoms with E-state index in [9.17, 15) is 0 Å². The highest BCUT2D eigenvalue weighted by Crippen LogP contribution is 2.33. The van der Waals surface area contributed by atoms with Gasteiger partial charge in [0.05, 0.1) is 10.5 Å². The second-order valence-electron chi connectivity index (χ2n) is 4.74. The maximum Gasteiger partial charge on any atom is 0.183 e. The normalized spacial score (nSPS) is 20.7. The Balaban J connectivity index is 2.10. The second-order valence-corrected chi connectivity index (χ2v) is 6.31. The van der Waals surface area contributed by atoms with Crippen molar-refractivity contribution in [3.8, 4) is 0 Å². The number of piperidine rings is 1. The van der Waals surface area contributed by atoms with E-state index >= 15 is 0 Å². The van der Waals surface area contributed by atoms with E-state index in [1.54, 1.807) is 0 Å². The minimum atomic E-state index is 0.199. The third-order valence-corrected chi connectivity index (χ3v) is 5.19. The van der Waals surface area contributed by atoms with Gasteiger partial charge in [0.15, 0.2) is 4.67 Å². The van der Waals surface area contributed by atoms with Gasteiger partial charge in [-0.3, -0.25) is 4.90 Å². The monoisotopic (exact) mass is 364 g/mol. The number of nitrogens with zero attached hydrogens (tertiary/aromatic N) is 1. The number of halogens is 2. The molecule has 1 aromatic heterocycles. The molecule has 0 aromatic carbocycles. The second kappa shape index (κ2) is 5.87. The summed E-state index contributed by atoms with van der Waals surface area (Å²) in [6.07, 6.45) is 2.50. The molecule has 0 aliphatic carbocycles. The third-order valence-electron chi connectivity index (χ3n) is 3.47. The van der Waals surface area contributed by atoms with Crippen LogP contribution in [0.15, 0.2) is 19.6 Å². The Morgan fingerprint density at radius 1 is 1.47 bits per heavy atom. The molecule has 17 heavy (non-hydrogen) atoms. The number of hydrogen-bond acceptors (Lipinski definition) is 3. The van der Waals surface area contributed by atoms with Gasteiger partial charge in [-0.15, -0.1) is 0 Å². The van der Waals surface area contributed by atoms with Gasteiger partial charge in [0.2, 0.25) is 0 Å². The molecule has 1 atom stereocenters. The van der Waals surface area contributed by atoms with Gasteiger partial charge < -0.3 is 10.2 Å². The minimum Gasteiger partial charge on any atom is -0.451 e. The van der Waals surface area contributed by atoms with Gasteiger partial charge in [0, 0.05) is 6.54 Å². The topological polar surface area (TPSA) is 42.4 Å². The molecule has 2 N–H and O–H groups in total. The van der Waals surface area contributed by atoms with Crippen molar-refractivity contribution in [3.63, 3.8) is 0 Å². The molecule has 1 unspecified atom stereocenters. The fourth-order valence-electron chi connectivity index (χ4n) is 2.31. The molecule has 1 fully saturated rings. The molecule has 0 saturated carbocycles. The van der Waals surface area contributed by atoms with Crippen LogP contribution in [-0.4, -0.2) is 24.5 Å². The molecule has 1 aliphatic rings. The van der Waals surface area contributed by atoms with Crippen molar-refractivity contribution in [2.45, 2.75) is 25.8 Å². The smallest absolute Gasteiger partial charge is 0.183 e. The Kier molecular flexibility index (Phi) is 4.69. The number of rotatable bonds is 3. The van der Waals surface area contributed by atoms with Crippen LogP contribution in [0.4, 0.5) is 0 Å². The minimum absolute atomic E-state index is 0.199. The maximum absolute atomic E-state index is 5.90. The zero-order valence-corrected chi connectivity index (χ0v) is 13.1. The van der Waals surface area contributed by atoms with Gasteiger partial charge >= 0.3 is 0 Å². The Bertz CT molecular complexity index is 353. The fraction of sp³-hybridized carbons (Fsp3) is 0.667. The highest BCUT2D eigenvalue weighted by Gasteiger charge is 2.26. The Morgan fingerprint density at radius 2 is 2.12 bits per heavy atom. The van der Waals surface area contributed by atoms with Crippen LogP contribution in [0.25, 0.3) is 0 Å². The molecule has 1 saturated heterocycles. The maximum atomic E-state index is 5.90. The highest BCUT2D eigenvalue weighted by atomic mass is 79.9. The first kappa shape index (κ1) is 13.6. The summed E-state index contributed by atoms with van der Waals surface area (Å²) in [5.41, 5.74) is 5.90. The van der Waals surface area contributed by atoms with E-state index in [2.05, 4.69) is 43.7 Å². The largest absolute Gasteiger partial charge is 0.451 e. The molecule has 0 radical (unpaired) electrons. The molecule has 5 heteroatoms. The number of nitrogens with two attached hydrogens (primary N) is 1. The molecule has 0 amide bonds. The summed E-state index contributed by atoms with van der Waals surface area (Å²) in [5.74, 6) is 1.78. The van der Waals surface area contributed by atoms with Gasteiger partial charge in [-0.1, -0.05) is 6.92 Å². The van der Waals surface area contributed by atoms with Crippen LogP contribution in [0.2, 0.25) is 0 Å². The van der Waals surface area contributed by atoms with Crippen molar-refractivity contribution in [1.29, 1.82) is 0 Å². The molecule has 0 bridgehead atoms. The first-order chi connectivity index (χ1) is 8.11. The molecule has 3 nitrogen and oxygen atoms in total. The zero-order chi connectivity index (χ0) is 12.4. The average molecular weight is 366 g/mol. The molecule has 0 spiro atoms. The van der Waals surface area contributed by atoms with E-state index in [4.69, 9.17) is 10.2 Å². The van der Waals surface area contributed by atoms with Crippen molar-refractivity contribution < 1.29 is 4.42 Å². The predicted molar refractivity (Wildman–Crippen MR) is 75.9 cm³/mol. The first-order valence-electron chi connectivity index (χ1n) is 6.00. The third kappa shape index (κ3) is 3.13. The van der Waals surface area contributed by atoms with E-state index < -0.39 is 0 Å². The van der Waals surface area contributed by atoms with E-state index in [1.165, 1.54) is 12.8 Å². The predicted octanol–water partition coefficient (Wildman–Crippen LogP) is 3.54. The summed E-state index contributed by atoms with van der Waals surface area (Å²) in [6, 6.07) is 2.21. The van der Waals surface area contributed by atoms with Crippen LogP contribution in [-0.2, 0) is 0 Å². The SMILES string of the molecule is CC1CCN(C(CN)c2cc(Br)c(Br)o2)CC1. The molecule has 1 aliphatic heterocycles. The standard InChI is InChI=1S/C12H18Br2N2O/c1-8-2-4-16(5-3-8)10(7-15)11-6-9(13)12(14)17-11/h6,8,10H,2-5,7,15H2,1H3. The highest BCUT2D eigenvalue weighted by molar-refractivity contribution is 9.13. The van der Waals surface area contributed by atoms with Gasteiger partial charge in [-0.2, -0.15) is 0 Å². The Labute approximate surface area is 119 Å². The van der Waals surface area contributed by atoms with E-state index in [-0.39, 0.29) is 6.04 Å². The van der Waals surface area contributed by atoms with Crippen LogP contribution in [0, 0.1) is 5.92 Å². The summed E-state index contributed by atoms with van der Waals surface area (Å²) < 4.78 is 7.40. The van der Waals surface area contributed by atoms with Crippen LogP contribution >= 0.6 is 31.9 Å². The van der Waals surface area contributed by atoms with Crippen molar-refractivity contribution in [2.24, 2.45) is 11.7 Å². The van der Waals surface area contributed by atoms with Gasteiger partial charge in [0.1, 0.15) is 5.76 Å². The summed E-state index contributed by atoms with van der Waals surface area (Å²) in [7, 11) is 0. The van der Waals surface area contributed by atoms with Gasteiger partial charge in [-0.05, 0) is 69.8 Å². The summed E-state index contributed by atoms with van der Waals surface area (Å²) in [6.45, 7) is 5.13. The van der Waals surface area contributed by atoms with Gasteiger partial charge in [0.25, 0.3) is 0 Å². The van der Waals surface area contributed by atoms with E-state index in [0.29, 0.717) is 6.54 Å². The Morgan fingerprint density at radius 3 is 2.59 bits per heavy atom. The van der Waals surface area contributed by atoms with Crippen LogP contribution < -0.4 is 5.73 Å². The quantitative estimate of drug-likeness (QED) is 0.890. The van der Waals surface area contributed by atoms with E-state index in [0.717, 1.165) is 33.9 Å². The van der Waals surface area contributed by atoms with Crippen molar-refractivity contribution in [2.75, 3.05) is 19.6 Å². The lowest BCUT2D eigenvalue weighted by Crippen LogP contribution is -2.39. The zero-order valence-electron chi connectivity index (χ0n) is 9.96. The first-order valence-corrected chi connectivity index (χ1v) is 7.59. The molecular weight excluding hydrogens is 348 g/mol. The van der Waals surface area contributed by atoms with Crippen LogP contribution in [0.5, 0.6) is 0 Å². The summed E-state index contributed by atoms with van der Waals surface area (Å²) >= 11 is 6.82. The van der Waals surface area contributed by atoms with Gasteiger partial charge in [-0.25, -0.2) is 0 Å². The van der Waals surface area contributed by atoms with Crippen molar-refractivity contribution in [3.05, 3.63) is 21.0 Å². The number of hydrogen-bond donors (Lipinski definition) is 1. The lowest BCUT2D eigenvalue weighted by molar-refractivity contribution is 0.126. The lowest BCUT2D eigenvalue weighted by atomic mass is 9.97. The summed E-state index contributed by atoms with van der Waals surface area (Å²) in [4.78, 5) is 2.43. The van der Waals surface area contributed by atoms with Crippen LogP contribution in [0.3, 0.4) is 0 Å². The van der Waals surface area contributed by atoms with Crippen molar-refractivity contribution >= 4 is 31.9 Å². The van der Waals surface area contributed by atoms with E-state index in [1.807, 2.05) is 6.07 Å². The van der Waals surface area contributed by atoms with Crippen molar-refractivity contribution in [1.82, 2.24) is 4.90 Å².